The number of rotatable bonds is 4. The summed E-state index contributed by atoms with van der Waals surface area (Å²) < 4.78 is 5.30. The molecule has 70 valence electrons. The highest BCUT2D eigenvalue weighted by atomic mass is 16.5. The Morgan fingerprint density at radius 1 is 1.54 bits per heavy atom. The van der Waals surface area contributed by atoms with Gasteiger partial charge in [0.15, 0.2) is 0 Å². The molecular weight excluding hydrogens is 164 g/mol. The maximum Gasteiger partial charge on any atom is 0.215 e. The molecule has 0 bridgehead atoms. The zero-order valence-corrected chi connectivity index (χ0v) is 7.79. The fourth-order valence-corrected chi connectivity index (χ4v) is 1.16. The summed E-state index contributed by atoms with van der Waals surface area (Å²) in [6.07, 6.45) is 2.53. The van der Waals surface area contributed by atoms with Gasteiger partial charge in [-0.25, -0.2) is 0 Å². The van der Waals surface area contributed by atoms with Gasteiger partial charge in [0.1, 0.15) is 5.82 Å². The van der Waals surface area contributed by atoms with Gasteiger partial charge < -0.3 is 10.1 Å². The molecule has 1 N–H and O–H groups in total. The van der Waals surface area contributed by atoms with E-state index >= 15 is 0 Å². The van der Waals surface area contributed by atoms with Gasteiger partial charge in [-0.2, -0.15) is 4.98 Å². The van der Waals surface area contributed by atoms with Crippen LogP contribution in [0.2, 0.25) is 0 Å². The summed E-state index contributed by atoms with van der Waals surface area (Å²) in [6.45, 7) is 2.63. The Morgan fingerprint density at radius 2 is 2.38 bits per heavy atom. The predicted molar refractivity (Wildman–Crippen MR) is 52.1 cm³/mol. The smallest absolute Gasteiger partial charge is 0.215 e. The van der Waals surface area contributed by atoms with E-state index in [1.54, 1.807) is 0 Å². The number of nitrogens with zero attached hydrogens (tertiary/aromatic N) is 1. The quantitative estimate of drug-likeness (QED) is 0.766. The van der Waals surface area contributed by atoms with Crippen molar-refractivity contribution in [3.63, 3.8) is 0 Å². The van der Waals surface area contributed by atoms with Crippen LogP contribution in [-0.2, 0) is 0 Å². The van der Waals surface area contributed by atoms with Crippen molar-refractivity contribution in [2.75, 3.05) is 11.9 Å². The summed E-state index contributed by atoms with van der Waals surface area (Å²) in [5.41, 5.74) is 0. The number of hydrogen-bond donors (Lipinski definition) is 1. The largest absolute Gasteiger partial charge is 0.478 e. The van der Waals surface area contributed by atoms with E-state index in [0.717, 1.165) is 5.82 Å². The summed E-state index contributed by atoms with van der Waals surface area (Å²) in [5.74, 6) is 1.63. The van der Waals surface area contributed by atoms with Crippen molar-refractivity contribution in [3.05, 3.63) is 18.2 Å². The van der Waals surface area contributed by atoms with Gasteiger partial charge in [-0.15, -0.1) is 0 Å². The number of aromatic nitrogens is 1. The average Bonchev–Trinajstić information content (AvgIpc) is 2.90. The number of anilines is 1. The molecule has 1 aliphatic rings. The fourth-order valence-electron chi connectivity index (χ4n) is 1.16. The second kappa shape index (κ2) is 3.64. The normalized spacial score (nSPS) is 15.5. The summed E-state index contributed by atoms with van der Waals surface area (Å²) in [7, 11) is 0. The van der Waals surface area contributed by atoms with E-state index in [2.05, 4.69) is 10.3 Å². The third-order valence-corrected chi connectivity index (χ3v) is 1.95. The summed E-state index contributed by atoms with van der Waals surface area (Å²) in [5, 5.41) is 3.32. The van der Waals surface area contributed by atoms with Gasteiger partial charge in [0.2, 0.25) is 5.88 Å². The second-order valence-corrected chi connectivity index (χ2v) is 3.21. The van der Waals surface area contributed by atoms with E-state index < -0.39 is 0 Å². The van der Waals surface area contributed by atoms with E-state index in [1.165, 1.54) is 12.8 Å². The van der Waals surface area contributed by atoms with Gasteiger partial charge >= 0.3 is 0 Å². The third-order valence-electron chi connectivity index (χ3n) is 1.95. The van der Waals surface area contributed by atoms with Crippen LogP contribution in [0, 0.1) is 0 Å². The van der Waals surface area contributed by atoms with Crippen LogP contribution in [0.4, 0.5) is 5.82 Å². The Balaban J connectivity index is 2.02. The summed E-state index contributed by atoms with van der Waals surface area (Å²) >= 11 is 0. The molecular formula is C10H14N2O. The number of pyridine rings is 1. The molecule has 1 aromatic rings. The highest BCUT2D eigenvalue weighted by Gasteiger charge is 2.21. The lowest BCUT2D eigenvalue weighted by molar-refractivity contribution is 0.327. The molecule has 1 fully saturated rings. The van der Waals surface area contributed by atoms with Gasteiger partial charge in [-0.1, -0.05) is 6.07 Å². The fraction of sp³-hybridized carbons (Fsp3) is 0.500. The third kappa shape index (κ3) is 2.34. The first-order chi connectivity index (χ1) is 6.38. The van der Waals surface area contributed by atoms with Crippen LogP contribution in [-0.4, -0.2) is 17.6 Å². The molecule has 0 radical (unpaired) electrons. The van der Waals surface area contributed by atoms with Crippen molar-refractivity contribution in [2.24, 2.45) is 0 Å². The van der Waals surface area contributed by atoms with Crippen molar-refractivity contribution in [1.82, 2.24) is 4.98 Å². The second-order valence-electron chi connectivity index (χ2n) is 3.21. The maximum absolute atomic E-state index is 5.30. The van der Waals surface area contributed by atoms with Gasteiger partial charge in [0.25, 0.3) is 0 Å². The Bertz CT molecular complexity index is 284. The first-order valence-corrected chi connectivity index (χ1v) is 4.75. The number of ether oxygens (including phenoxy) is 1. The van der Waals surface area contributed by atoms with Crippen LogP contribution in [0.15, 0.2) is 18.2 Å². The standard InChI is InChI=1S/C10H14N2O/c1-2-13-10-5-3-4-9(12-10)11-8-6-7-8/h3-5,8H,2,6-7H2,1H3,(H,11,12). The van der Waals surface area contributed by atoms with E-state index in [4.69, 9.17) is 4.74 Å². The molecule has 1 aromatic heterocycles. The lowest BCUT2D eigenvalue weighted by atomic mass is 10.4. The van der Waals surface area contributed by atoms with Crippen LogP contribution < -0.4 is 10.1 Å². The molecule has 1 aliphatic carbocycles. The molecule has 1 heterocycles. The first kappa shape index (κ1) is 8.35. The van der Waals surface area contributed by atoms with Crippen LogP contribution in [0.3, 0.4) is 0 Å². The molecule has 0 saturated heterocycles. The molecule has 0 aromatic carbocycles. The van der Waals surface area contributed by atoms with Gasteiger partial charge in [-0.05, 0) is 25.8 Å². The molecule has 13 heavy (non-hydrogen) atoms. The van der Waals surface area contributed by atoms with Gasteiger partial charge in [0, 0.05) is 12.1 Å². The van der Waals surface area contributed by atoms with Crippen molar-refractivity contribution < 1.29 is 4.74 Å². The monoisotopic (exact) mass is 178 g/mol. The lowest BCUT2D eigenvalue weighted by Crippen LogP contribution is -2.03. The highest BCUT2D eigenvalue weighted by Crippen LogP contribution is 2.24. The lowest BCUT2D eigenvalue weighted by Gasteiger charge is -2.05. The molecule has 3 heteroatoms. The van der Waals surface area contributed by atoms with Gasteiger partial charge in [0.05, 0.1) is 6.61 Å². The zero-order chi connectivity index (χ0) is 9.10. The van der Waals surface area contributed by atoms with Crippen LogP contribution in [0.5, 0.6) is 5.88 Å². The van der Waals surface area contributed by atoms with Crippen molar-refractivity contribution in [3.8, 4) is 5.88 Å². The van der Waals surface area contributed by atoms with Crippen LogP contribution in [0.25, 0.3) is 0 Å². The predicted octanol–water partition coefficient (Wildman–Crippen LogP) is 2.05. The minimum Gasteiger partial charge on any atom is -0.478 e. The summed E-state index contributed by atoms with van der Waals surface area (Å²) in [6, 6.07) is 6.45. The maximum atomic E-state index is 5.30. The molecule has 1 saturated carbocycles. The molecule has 0 unspecified atom stereocenters. The number of hydrogen-bond acceptors (Lipinski definition) is 3. The zero-order valence-electron chi connectivity index (χ0n) is 7.79. The molecule has 2 rings (SSSR count). The summed E-state index contributed by atoms with van der Waals surface area (Å²) in [4.78, 5) is 4.31. The molecule has 0 aliphatic heterocycles. The topological polar surface area (TPSA) is 34.1 Å². The van der Waals surface area contributed by atoms with Crippen LogP contribution >= 0.6 is 0 Å². The Labute approximate surface area is 78.1 Å². The SMILES string of the molecule is CCOc1cccc(NC2CC2)n1. The Kier molecular flexibility index (Phi) is 2.34. The minimum absolute atomic E-state index is 0.643. The Hall–Kier alpha value is -1.25. The van der Waals surface area contributed by atoms with E-state index in [1.807, 2.05) is 25.1 Å². The molecule has 3 nitrogen and oxygen atoms in total. The first-order valence-electron chi connectivity index (χ1n) is 4.75. The molecule has 0 atom stereocenters. The van der Waals surface area contributed by atoms with E-state index in [0.29, 0.717) is 18.5 Å². The Morgan fingerprint density at radius 3 is 3.08 bits per heavy atom. The van der Waals surface area contributed by atoms with Crippen LogP contribution in [0.1, 0.15) is 19.8 Å². The molecule has 0 amide bonds. The minimum atomic E-state index is 0.643. The van der Waals surface area contributed by atoms with Gasteiger partial charge in [-0.3, -0.25) is 0 Å². The van der Waals surface area contributed by atoms with Crippen molar-refractivity contribution >= 4 is 5.82 Å². The van der Waals surface area contributed by atoms with Crippen molar-refractivity contribution in [1.29, 1.82) is 0 Å². The molecule has 0 spiro atoms. The average molecular weight is 178 g/mol. The highest BCUT2D eigenvalue weighted by molar-refractivity contribution is 5.39. The van der Waals surface area contributed by atoms with E-state index in [9.17, 15) is 0 Å². The van der Waals surface area contributed by atoms with E-state index in [-0.39, 0.29) is 0 Å². The van der Waals surface area contributed by atoms with Crippen molar-refractivity contribution in [2.45, 2.75) is 25.8 Å². The number of nitrogens with one attached hydrogen (secondary N) is 1.